The molecule has 1 fully saturated rings. The number of aromatic nitrogens is 1. The predicted octanol–water partition coefficient (Wildman–Crippen LogP) is 4.75. The average Bonchev–Trinajstić information content (AvgIpc) is 3.67. The van der Waals surface area contributed by atoms with E-state index in [4.69, 9.17) is 21.1 Å². The van der Waals surface area contributed by atoms with E-state index in [-0.39, 0.29) is 40.8 Å². The molecule has 1 aromatic heterocycles. The number of hydrogen-bond acceptors (Lipinski definition) is 6. The third-order valence-corrected chi connectivity index (χ3v) is 5.97. The predicted molar refractivity (Wildman–Crippen MR) is 134 cm³/mol. The smallest absolute Gasteiger partial charge is 0.319 e. The van der Waals surface area contributed by atoms with Gasteiger partial charge in [-0.05, 0) is 38.8 Å². The van der Waals surface area contributed by atoms with Gasteiger partial charge in [-0.3, -0.25) is 9.78 Å². The van der Waals surface area contributed by atoms with Crippen molar-refractivity contribution in [3.05, 3.63) is 52.7 Å². The number of benzene rings is 2. The van der Waals surface area contributed by atoms with Crippen molar-refractivity contribution in [2.24, 2.45) is 0 Å². The first-order valence-corrected chi connectivity index (χ1v) is 11.7. The zero-order valence-electron chi connectivity index (χ0n) is 20.2. The number of hydrogen-bond donors (Lipinski definition) is 4. The molecule has 37 heavy (non-hydrogen) atoms. The van der Waals surface area contributed by atoms with Gasteiger partial charge in [0.05, 0.1) is 36.0 Å². The summed E-state index contributed by atoms with van der Waals surface area (Å²) in [5, 5.41) is 16.9. The summed E-state index contributed by atoms with van der Waals surface area (Å²) in [6, 6.07) is 4.53. The summed E-state index contributed by atoms with van der Waals surface area (Å²) in [7, 11) is 1.38. The number of aliphatic hydroxyl groups excluding tert-OH is 1. The molecule has 0 unspecified atom stereocenters. The molecule has 0 atom stereocenters. The van der Waals surface area contributed by atoms with Gasteiger partial charge in [-0.2, -0.15) is 0 Å². The van der Waals surface area contributed by atoms with E-state index in [1.807, 2.05) is 0 Å². The normalized spacial score (nSPS) is 13.3. The van der Waals surface area contributed by atoms with Crippen LogP contribution in [-0.4, -0.2) is 47.3 Å². The fourth-order valence-corrected chi connectivity index (χ4v) is 3.63. The van der Waals surface area contributed by atoms with Gasteiger partial charge in [-0.25, -0.2) is 13.6 Å². The molecule has 3 aromatic rings. The van der Waals surface area contributed by atoms with E-state index in [1.165, 1.54) is 31.5 Å². The van der Waals surface area contributed by atoms with Gasteiger partial charge >= 0.3 is 6.03 Å². The first-order chi connectivity index (χ1) is 17.5. The molecule has 0 spiro atoms. The molecule has 0 aliphatic heterocycles. The van der Waals surface area contributed by atoms with Crippen molar-refractivity contribution in [2.45, 2.75) is 38.3 Å². The number of methoxy groups -OCH3 is 1. The summed E-state index contributed by atoms with van der Waals surface area (Å²) in [4.78, 5) is 29.1. The molecule has 0 radical (unpaired) electrons. The third kappa shape index (κ3) is 5.83. The monoisotopic (exact) mass is 534 g/mol. The number of halogens is 3. The Morgan fingerprint density at radius 3 is 2.59 bits per heavy atom. The van der Waals surface area contributed by atoms with Gasteiger partial charge in [-0.15, -0.1) is 0 Å². The second kappa shape index (κ2) is 10.3. The SMILES string of the molecule is COc1cc2nccc(Oc3c(F)cc(NC(=O)NC4CC4)c(Cl)c3F)c2cc1C(=O)NC(C)(C)CO. The number of urea groups is 1. The van der Waals surface area contributed by atoms with Crippen LogP contribution >= 0.6 is 11.6 Å². The minimum Gasteiger partial charge on any atom is -0.496 e. The van der Waals surface area contributed by atoms with Crippen LogP contribution < -0.4 is 25.4 Å². The molecule has 196 valence electrons. The number of pyridine rings is 1. The number of rotatable bonds is 8. The van der Waals surface area contributed by atoms with Gasteiger partial charge in [0.1, 0.15) is 16.5 Å². The molecule has 1 saturated carbocycles. The molecule has 1 aliphatic rings. The molecule has 3 amide bonds. The lowest BCUT2D eigenvalue weighted by Crippen LogP contribution is -2.46. The highest BCUT2D eigenvalue weighted by atomic mass is 35.5. The lowest BCUT2D eigenvalue weighted by atomic mass is 10.0. The molecule has 9 nitrogen and oxygen atoms in total. The fourth-order valence-electron chi connectivity index (χ4n) is 3.44. The molecular weight excluding hydrogens is 510 g/mol. The minimum absolute atomic E-state index is 0.0100. The Balaban J connectivity index is 1.69. The molecular formula is C25H25ClF2N4O5. The van der Waals surface area contributed by atoms with Crippen LogP contribution in [0, 0.1) is 11.6 Å². The quantitative estimate of drug-likeness (QED) is 0.309. The van der Waals surface area contributed by atoms with Crippen molar-refractivity contribution >= 4 is 40.1 Å². The standard InChI is InChI=1S/C25H25ClF2N4O5/c1-25(2,11-33)32-23(34)14-8-13-16(10-19(14)36-3)29-7-6-18(13)37-22-15(27)9-17(20(26)21(22)28)31-24(35)30-12-4-5-12/h6-10,12,33H,4-5,11H2,1-3H3,(H,32,34)(H2,30,31,35). The molecule has 1 aliphatic carbocycles. The Kier molecular flexibility index (Phi) is 7.37. The third-order valence-electron chi connectivity index (χ3n) is 5.60. The highest BCUT2D eigenvalue weighted by Crippen LogP contribution is 2.39. The van der Waals surface area contributed by atoms with Crippen molar-refractivity contribution in [1.82, 2.24) is 15.6 Å². The van der Waals surface area contributed by atoms with Gasteiger partial charge < -0.3 is 30.5 Å². The molecule has 0 bridgehead atoms. The van der Waals surface area contributed by atoms with Crippen molar-refractivity contribution < 1.29 is 33.0 Å². The Bertz CT molecular complexity index is 1380. The number of ether oxygens (including phenoxy) is 2. The largest absolute Gasteiger partial charge is 0.496 e. The van der Waals surface area contributed by atoms with Gasteiger partial charge in [0.15, 0.2) is 17.4 Å². The number of amides is 3. The van der Waals surface area contributed by atoms with Crippen molar-refractivity contribution in [3.63, 3.8) is 0 Å². The number of aliphatic hydroxyl groups is 1. The summed E-state index contributed by atoms with van der Waals surface area (Å²) in [5.41, 5.74) is -0.750. The highest BCUT2D eigenvalue weighted by Gasteiger charge is 2.26. The Labute approximate surface area is 216 Å². The van der Waals surface area contributed by atoms with Crippen LogP contribution in [-0.2, 0) is 0 Å². The molecule has 0 saturated heterocycles. The van der Waals surface area contributed by atoms with Gasteiger partial charge in [0.2, 0.25) is 0 Å². The van der Waals surface area contributed by atoms with Crippen molar-refractivity contribution in [3.8, 4) is 17.2 Å². The van der Waals surface area contributed by atoms with E-state index in [2.05, 4.69) is 20.9 Å². The topological polar surface area (TPSA) is 122 Å². The second-order valence-corrected chi connectivity index (χ2v) is 9.59. The van der Waals surface area contributed by atoms with Crippen LogP contribution in [0.3, 0.4) is 0 Å². The molecule has 4 N–H and O–H groups in total. The van der Waals surface area contributed by atoms with E-state index in [1.54, 1.807) is 13.8 Å². The van der Waals surface area contributed by atoms with Crippen LogP contribution in [0.2, 0.25) is 5.02 Å². The fraction of sp³-hybridized carbons (Fsp3) is 0.320. The Morgan fingerprint density at radius 2 is 1.95 bits per heavy atom. The Hall–Kier alpha value is -3.70. The summed E-state index contributed by atoms with van der Waals surface area (Å²) in [5.74, 6) is -3.48. The first-order valence-electron chi connectivity index (χ1n) is 11.4. The molecule has 4 rings (SSSR count). The number of carbonyl (C=O) groups excluding carboxylic acids is 2. The van der Waals surface area contributed by atoms with E-state index in [9.17, 15) is 19.1 Å². The van der Waals surface area contributed by atoms with E-state index < -0.39 is 39.9 Å². The van der Waals surface area contributed by atoms with Gasteiger partial charge in [0.25, 0.3) is 5.91 Å². The number of nitrogens with one attached hydrogen (secondary N) is 3. The summed E-state index contributed by atoms with van der Waals surface area (Å²) < 4.78 is 40.9. The van der Waals surface area contributed by atoms with Crippen LogP contribution in [0.25, 0.3) is 10.9 Å². The maximum Gasteiger partial charge on any atom is 0.319 e. The van der Waals surface area contributed by atoms with E-state index >= 15 is 4.39 Å². The molecule has 2 aromatic carbocycles. The van der Waals surface area contributed by atoms with Crippen LogP contribution in [0.4, 0.5) is 19.3 Å². The summed E-state index contributed by atoms with van der Waals surface area (Å²) in [6.45, 7) is 2.97. The lowest BCUT2D eigenvalue weighted by Gasteiger charge is -2.24. The zero-order valence-corrected chi connectivity index (χ0v) is 21.0. The maximum atomic E-state index is 15.1. The molecule has 1 heterocycles. The Morgan fingerprint density at radius 1 is 1.22 bits per heavy atom. The number of nitrogens with zero attached hydrogens (tertiary/aromatic N) is 1. The number of carbonyl (C=O) groups is 2. The number of anilines is 1. The minimum atomic E-state index is -1.22. The maximum absolute atomic E-state index is 15.1. The van der Waals surface area contributed by atoms with Crippen molar-refractivity contribution in [1.29, 1.82) is 0 Å². The first kappa shape index (κ1) is 26.4. The summed E-state index contributed by atoms with van der Waals surface area (Å²) in [6.07, 6.45) is 3.04. The number of fused-ring (bicyclic) bond motifs is 1. The van der Waals surface area contributed by atoms with E-state index in [0.717, 1.165) is 18.9 Å². The van der Waals surface area contributed by atoms with Crippen LogP contribution in [0.1, 0.15) is 37.0 Å². The van der Waals surface area contributed by atoms with Crippen molar-refractivity contribution in [2.75, 3.05) is 19.0 Å². The highest BCUT2D eigenvalue weighted by molar-refractivity contribution is 6.34. The van der Waals surface area contributed by atoms with Gasteiger partial charge in [-0.1, -0.05) is 11.6 Å². The zero-order chi connectivity index (χ0) is 26.9. The van der Waals surface area contributed by atoms with Crippen LogP contribution in [0.15, 0.2) is 30.5 Å². The summed E-state index contributed by atoms with van der Waals surface area (Å²) >= 11 is 6.07. The van der Waals surface area contributed by atoms with E-state index in [0.29, 0.717) is 5.52 Å². The second-order valence-electron chi connectivity index (χ2n) is 9.21. The van der Waals surface area contributed by atoms with Gasteiger partial charge in [0, 0.05) is 29.8 Å². The lowest BCUT2D eigenvalue weighted by molar-refractivity contribution is 0.0866. The molecule has 12 heteroatoms. The van der Waals surface area contributed by atoms with Crippen LogP contribution in [0.5, 0.6) is 17.2 Å². The average molecular weight is 535 g/mol.